The first-order valence-corrected chi connectivity index (χ1v) is 8.21. The lowest BCUT2D eigenvalue weighted by atomic mass is 10.0. The zero-order chi connectivity index (χ0) is 15.4. The second-order valence-corrected chi connectivity index (χ2v) is 6.33. The van der Waals surface area contributed by atoms with Crippen molar-refractivity contribution in [3.05, 3.63) is 35.6 Å². The third-order valence-corrected chi connectivity index (χ3v) is 4.63. The zero-order valence-electron chi connectivity index (χ0n) is 13.7. The number of halogens is 3. The standard InChI is InChI=1S/C17H24FN3O.2ClH/c18-14-5-3-13(4-6-14)12-21-10-7-15(8-11-21)20-17(22)16-2-1-9-19-16;;/h3-6,15-16,19H,1-2,7-12H2,(H,20,22);2*1H. The molecule has 0 spiro atoms. The number of carbonyl (C=O) groups excluding carboxylic acids is 1. The van der Waals surface area contributed by atoms with Gasteiger partial charge in [-0.15, -0.1) is 24.8 Å². The molecule has 2 saturated heterocycles. The normalized spacial score (nSPS) is 21.6. The second kappa shape index (κ2) is 10.2. The van der Waals surface area contributed by atoms with Crippen LogP contribution in [0.3, 0.4) is 0 Å². The van der Waals surface area contributed by atoms with Crippen LogP contribution in [0.2, 0.25) is 0 Å². The van der Waals surface area contributed by atoms with Crippen LogP contribution in [0.1, 0.15) is 31.2 Å². The number of carbonyl (C=O) groups is 1. The van der Waals surface area contributed by atoms with Gasteiger partial charge in [0.15, 0.2) is 0 Å². The lowest BCUT2D eigenvalue weighted by Gasteiger charge is -2.32. The van der Waals surface area contributed by atoms with Crippen molar-refractivity contribution in [2.45, 2.75) is 44.3 Å². The Morgan fingerprint density at radius 1 is 1.17 bits per heavy atom. The summed E-state index contributed by atoms with van der Waals surface area (Å²) in [5, 5.41) is 6.41. The van der Waals surface area contributed by atoms with E-state index in [2.05, 4.69) is 15.5 Å². The fraction of sp³-hybridized carbons (Fsp3) is 0.588. The fourth-order valence-corrected chi connectivity index (χ4v) is 3.29. The molecule has 2 fully saturated rings. The summed E-state index contributed by atoms with van der Waals surface area (Å²) in [7, 11) is 0. The molecular weight excluding hydrogens is 352 g/mol. The molecule has 2 heterocycles. The molecule has 1 aromatic carbocycles. The van der Waals surface area contributed by atoms with E-state index in [9.17, 15) is 9.18 Å². The van der Waals surface area contributed by atoms with Crippen LogP contribution in [-0.2, 0) is 11.3 Å². The molecule has 1 amide bonds. The van der Waals surface area contributed by atoms with Crippen molar-refractivity contribution in [3.8, 4) is 0 Å². The highest BCUT2D eigenvalue weighted by atomic mass is 35.5. The van der Waals surface area contributed by atoms with Gasteiger partial charge in [0.1, 0.15) is 5.82 Å². The van der Waals surface area contributed by atoms with Gasteiger partial charge in [-0.3, -0.25) is 9.69 Å². The monoisotopic (exact) mass is 377 g/mol. The number of hydrogen-bond acceptors (Lipinski definition) is 3. The van der Waals surface area contributed by atoms with Gasteiger partial charge in [-0.2, -0.15) is 0 Å². The Labute approximate surface area is 155 Å². The van der Waals surface area contributed by atoms with Crippen molar-refractivity contribution in [3.63, 3.8) is 0 Å². The molecule has 24 heavy (non-hydrogen) atoms. The van der Waals surface area contributed by atoms with Gasteiger partial charge in [-0.25, -0.2) is 4.39 Å². The van der Waals surface area contributed by atoms with E-state index >= 15 is 0 Å². The summed E-state index contributed by atoms with van der Waals surface area (Å²) in [5.74, 6) is -0.0276. The first-order chi connectivity index (χ1) is 10.7. The average Bonchev–Trinajstić information content (AvgIpc) is 3.06. The van der Waals surface area contributed by atoms with E-state index in [-0.39, 0.29) is 42.6 Å². The summed E-state index contributed by atoms with van der Waals surface area (Å²) >= 11 is 0. The largest absolute Gasteiger partial charge is 0.352 e. The minimum atomic E-state index is -0.189. The predicted molar refractivity (Wildman–Crippen MR) is 98.4 cm³/mol. The quantitative estimate of drug-likeness (QED) is 0.846. The average molecular weight is 378 g/mol. The number of likely N-dealkylation sites (tertiary alicyclic amines) is 1. The molecule has 0 aliphatic carbocycles. The first kappa shape index (κ1) is 21.2. The molecule has 1 aromatic rings. The molecule has 0 aromatic heterocycles. The molecule has 2 aliphatic rings. The number of nitrogens with zero attached hydrogens (tertiary/aromatic N) is 1. The van der Waals surface area contributed by atoms with Crippen molar-refractivity contribution < 1.29 is 9.18 Å². The summed E-state index contributed by atoms with van der Waals surface area (Å²) in [5.41, 5.74) is 1.14. The summed E-state index contributed by atoms with van der Waals surface area (Å²) in [4.78, 5) is 14.5. The summed E-state index contributed by atoms with van der Waals surface area (Å²) in [6.07, 6.45) is 4.02. The highest BCUT2D eigenvalue weighted by Crippen LogP contribution is 2.15. The van der Waals surface area contributed by atoms with E-state index < -0.39 is 0 Å². The highest BCUT2D eigenvalue weighted by molar-refractivity contribution is 5.85. The van der Waals surface area contributed by atoms with Crippen LogP contribution in [-0.4, -0.2) is 42.5 Å². The van der Waals surface area contributed by atoms with Crippen molar-refractivity contribution in [1.29, 1.82) is 0 Å². The minimum Gasteiger partial charge on any atom is -0.352 e. The van der Waals surface area contributed by atoms with E-state index in [4.69, 9.17) is 0 Å². The van der Waals surface area contributed by atoms with Crippen LogP contribution < -0.4 is 10.6 Å². The van der Waals surface area contributed by atoms with E-state index in [0.717, 1.165) is 57.4 Å². The van der Waals surface area contributed by atoms with E-state index in [1.807, 2.05) is 12.1 Å². The number of benzene rings is 1. The van der Waals surface area contributed by atoms with Gasteiger partial charge >= 0.3 is 0 Å². The molecule has 0 saturated carbocycles. The van der Waals surface area contributed by atoms with Gasteiger partial charge in [0.2, 0.25) is 5.91 Å². The van der Waals surface area contributed by atoms with Crippen molar-refractivity contribution >= 4 is 30.7 Å². The molecule has 4 nitrogen and oxygen atoms in total. The number of hydrogen-bond donors (Lipinski definition) is 2. The fourth-order valence-electron chi connectivity index (χ4n) is 3.29. The molecule has 1 unspecified atom stereocenters. The topological polar surface area (TPSA) is 44.4 Å². The molecule has 7 heteroatoms. The van der Waals surface area contributed by atoms with E-state index in [1.165, 1.54) is 12.1 Å². The Morgan fingerprint density at radius 3 is 2.42 bits per heavy atom. The smallest absolute Gasteiger partial charge is 0.237 e. The minimum absolute atomic E-state index is 0. The van der Waals surface area contributed by atoms with Crippen LogP contribution in [0.5, 0.6) is 0 Å². The molecule has 2 aliphatic heterocycles. The van der Waals surface area contributed by atoms with Crippen molar-refractivity contribution in [2.75, 3.05) is 19.6 Å². The third kappa shape index (κ3) is 5.88. The number of rotatable bonds is 4. The van der Waals surface area contributed by atoms with Gasteiger partial charge in [-0.1, -0.05) is 12.1 Å². The van der Waals surface area contributed by atoms with Gasteiger partial charge in [0, 0.05) is 25.7 Å². The molecule has 2 N–H and O–H groups in total. The molecule has 136 valence electrons. The molecule has 1 atom stereocenters. The Hall–Kier alpha value is -0.880. The van der Waals surface area contributed by atoms with Crippen LogP contribution >= 0.6 is 24.8 Å². The second-order valence-electron chi connectivity index (χ2n) is 6.33. The van der Waals surface area contributed by atoms with Gasteiger partial charge in [0.05, 0.1) is 6.04 Å². The Bertz CT molecular complexity index is 501. The van der Waals surface area contributed by atoms with Gasteiger partial charge in [-0.05, 0) is 49.9 Å². The van der Waals surface area contributed by atoms with Crippen molar-refractivity contribution in [2.24, 2.45) is 0 Å². The van der Waals surface area contributed by atoms with Crippen LogP contribution in [0, 0.1) is 5.82 Å². The Morgan fingerprint density at radius 2 is 1.83 bits per heavy atom. The Kier molecular flexibility index (Phi) is 8.98. The van der Waals surface area contributed by atoms with Crippen molar-refractivity contribution in [1.82, 2.24) is 15.5 Å². The van der Waals surface area contributed by atoms with Gasteiger partial charge in [0.25, 0.3) is 0 Å². The molecule has 0 radical (unpaired) electrons. The number of nitrogens with one attached hydrogen (secondary N) is 2. The predicted octanol–water partition coefficient (Wildman–Crippen LogP) is 2.50. The van der Waals surface area contributed by atoms with E-state index in [0.29, 0.717) is 6.04 Å². The SMILES string of the molecule is Cl.Cl.O=C(NC1CCN(Cc2ccc(F)cc2)CC1)C1CCCN1. The molecule has 3 rings (SSSR count). The summed E-state index contributed by atoms with van der Waals surface area (Å²) in [6.45, 7) is 3.75. The third-order valence-electron chi connectivity index (χ3n) is 4.63. The van der Waals surface area contributed by atoms with Crippen LogP contribution in [0.25, 0.3) is 0 Å². The first-order valence-electron chi connectivity index (χ1n) is 8.21. The van der Waals surface area contributed by atoms with Crippen LogP contribution in [0.15, 0.2) is 24.3 Å². The van der Waals surface area contributed by atoms with Gasteiger partial charge < -0.3 is 10.6 Å². The zero-order valence-corrected chi connectivity index (χ0v) is 15.3. The van der Waals surface area contributed by atoms with E-state index in [1.54, 1.807) is 0 Å². The number of piperidine rings is 1. The molecule has 0 bridgehead atoms. The lowest BCUT2D eigenvalue weighted by Crippen LogP contribution is -2.49. The maximum atomic E-state index is 12.9. The molecular formula is C17H26Cl2FN3O. The maximum absolute atomic E-state index is 12.9. The maximum Gasteiger partial charge on any atom is 0.237 e. The Balaban J connectivity index is 0.00000144. The summed E-state index contributed by atoms with van der Waals surface area (Å²) in [6, 6.07) is 7.01. The number of amides is 1. The lowest BCUT2D eigenvalue weighted by molar-refractivity contribution is -0.123. The highest BCUT2D eigenvalue weighted by Gasteiger charge is 2.26. The summed E-state index contributed by atoms with van der Waals surface area (Å²) < 4.78 is 12.9. The van der Waals surface area contributed by atoms with Crippen LogP contribution in [0.4, 0.5) is 4.39 Å².